The molecule has 1 aromatic carbocycles. The first-order chi connectivity index (χ1) is 16.9. The number of aliphatic imine (C=N–C) groups is 1. The molecule has 3 heterocycles. The van der Waals surface area contributed by atoms with Gasteiger partial charge in [0.25, 0.3) is 11.9 Å². The van der Waals surface area contributed by atoms with Crippen molar-refractivity contribution in [1.82, 2.24) is 15.0 Å². The summed E-state index contributed by atoms with van der Waals surface area (Å²) in [5.74, 6) is -3.37. The second-order valence-electron chi connectivity index (χ2n) is 7.80. The molecule has 36 heavy (non-hydrogen) atoms. The van der Waals surface area contributed by atoms with Gasteiger partial charge in [-0.1, -0.05) is 0 Å². The molecular weight excluding hydrogens is 495 g/mol. The number of hydrogen-bond donors (Lipinski definition) is 2. The number of anilines is 1. The van der Waals surface area contributed by atoms with Gasteiger partial charge in [0.2, 0.25) is 11.8 Å². The summed E-state index contributed by atoms with van der Waals surface area (Å²) in [4.78, 5) is 28.0. The van der Waals surface area contributed by atoms with Gasteiger partial charge in [0.05, 0.1) is 24.1 Å². The van der Waals surface area contributed by atoms with Crippen molar-refractivity contribution in [1.29, 1.82) is 0 Å². The van der Waals surface area contributed by atoms with Gasteiger partial charge in [-0.15, -0.1) is 0 Å². The average molecular weight is 512 g/mol. The van der Waals surface area contributed by atoms with Gasteiger partial charge in [-0.05, 0) is 13.0 Å². The molecule has 2 atom stereocenters. The van der Waals surface area contributed by atoms with Gasteiger partial charge in [0, 0.05) is 23.7 Å². The highest BCUT2D eigenvalue weighted by molar-refractivity contribution is 6.02. The molecule has 0 unspecified atom stereocenters. The van der Waals surface area contributed by atoms with E-state index in [1.54, 1.807) is 0 Å². The summed E-state index contributed by atoms with van der Waals surface area (Å²) in [5.41, 5.74) is 2.43. The van der Waals surface area contributed by atoms with Crippen molar-refractivity contribution < 1.29 is 40.6 Å². The number of aromatic nitrogens is 3. The Morgan fingerprint density at radius 1 is 1.25 bits per heavy atom. The normalized spacial score (nSPS) is 19.8. The molecule has 1 aliphatic heterocycles. The Balaban J connectivity index is 1.53. The number of hydrogen-bond acceptors (Lipinski definition) is 9. The Morgan fingerprint density at radius 3 is 2.67 bits per heavy atom. The maximum atomic E-state index is 14.7. The van der Waals surface area contributed by atoms with Crippen LogP contribution < -0.4 is 15.8 Å². The second kappa shape index (κ2) is 9.39. The molecule has 190 valence electrons. The van der Waals surface area contributed by atoms with Crippen molar-refractivity contribution in [2.24, 2.45) is 10.7 Å². The lowest BCUT2D eigenvalue weighted by molar-refractivity contribution is -0.208. The topological polar surface area (TPSA) is 138 Å². The predicted octanol–water partition coefficient (Wildman–Crippen LogP) is 3.46. The number of carbonyl (C=O) groups is 1. The van der Waals surface area contributed by atoms with Crippen LogP contribution in [0.2, 0.25) is 0 Å². The smallest absolute Gasteiger partial charge is 0.425 e. The molecule has 0 spiro atoms. The molecule has 0 aliphatic carbocycles. The number of carbonyl (C=O) groups excluding carboxylic acids is 1. The summed E-state index contributed by atoms with van der Waals surface area (Å²) in [7, 11) is 0. The molecule has 15 heteroatoms. The minimum atomic E-state index is -4.83. The van der Waals surface area contributed by atoms with E-state index in [0.29, 0.717) is 12.0 Å². The number of nitrogens with one attached hydrogen (secondary N) is 1. The van der Waals surface area contributed by atoms with E-state index in [2.05, 4.69) is 30.0 Å². The SMILES string of the molecule is C[C@]1(c2cc(NC(=O)c3cnc(OCc4ncco4)cn3)cc(F)c2F)C[C@@H](C(F)(F)F)OC(N)=N1. The highest BCUT2D eigenvalue weighted by atomic mass is 19.4. The molecule has 0 fully saturated rings. The van der Waals surface area contributed by atoms with Gasteiger partial charge in [0.15, 0.2) is 24.3 Å². The maximum Gasteiger partial charge on any atom is 0.425 e. The lowest BCUT2D eigenvalue weighted by Crippen LogP contribution is -2.46. The van der Waals surface area contributed by atoms with Crippen LogP contribution in [0.25, 0.3) is 0 Å². The van der Waals surface area contributed by atoms with Crippen molar-refractivity contribution in [3.8, 4) is 5.88 Å². The number of benzene rings is 1. The molecule has 0 bridgehead atoms. The molecule has 4 rings (SSSR count). The molecule has 3 aromatic rings. The van der Waals surface area contributed by atoms with Crippen molar-refractivity contribution >= 4 is 17.6 Å². The Labute approximate surface area is 199 Å². The van der Waals surface area contributed by atoms with Crippen LogP contribution in [0.3, 0.4) is 0 Å². The number of amides is 1. The molecule has 10 nitrogen and oxygen atoms in total. The van der Waals surface area contributed by atoms with E-state index < -0.39 is 53.4 Å². The highest BCUT2D eigenvalue weighted by Crippen LogP contribution is 2.41. The molecule has 0 saturated carbocycles. The highest BCUT2D eigenvalue weighted by Gasteiger charge is 2.50. The standard InChI is InChI=1S/C21H17F5N6O4/c1-20(6-14(21(24,25)26)36-19(27)32-20)11-4-10(5-12(22)17(11)23)31-18(33)13-7-30-15(8-29-13)35-9-16-28-2-3-34-16/h2-5,7-8,14H,6,9H2,1H3,(H2,27,32)(H,31,33)/t14-,20+/m0/s1. The van der Waals surface area contributed by atoms with Gasteiger partial charge in [-0.25, -0.2) is 28.7 Å². The van der Waals surface area contributed by atoms with Crippen molar-refractivity contribution in [3.63, 3.8) is 0 Å². The monoisotopic (exact) mass is 512 g/mol. The van der Waals surface area contributed by atoms with E-state index in [9.17, 15) is 26.7 Å². The number of nitrogens with zero attached hydrogens (tertiary/aromatic N) is 4. The first-order valence-electron chi connectivity index (χ1n) is 10.2. The Morgan fingerprint density at radius 2 is 2.03 bits per heavy atom. The van der Waals surface area contributed by atoms with E-state index in [-0.39, 0.29) is 23.9 Å². The maximum absolute atomic E-state index is 14.7. The van der Waals surface area contributed by atoms with Crippen LogP contribution in [0, 0.1) is 11.6 Å². The average Bonchev–Trinajstić information content (AvgIpc) is 3.33. The lowest BCUT2D eigenvalue weighted by atomic mass is 9.85. The minimum absolute atomic E-state index is 0.0309. The molecule has 2 aromatic heterocycles. The third-order valence-electron chi connectivity index (χ3n) is 5.12. The van der Waals surface area contributed by atoms with Crippen LogP contribution in [-0.4, -0.2) is 39.2 Å². The summed E-state index contributed by atoms with van der Waals surface area (Å²) < 4.78 is 83.6. The van der Waals surface area contributed by atoms with E-state index in [0.717, 1.165) is 25.4 Å². The van der Waals surface area contributed by atoms with Crippen molar-refractivity contribution in [3.05, 3.63) is 65.8 Å². The van der Waals surface area contributed by atoms with Gasteiger partial charge in [0.1, 0.15) is 12.0 Å². The van der Waals surface area contributed by atoms with Gasteiger partial charge < -0.3 is 24.9 Å². The quantitative estimate of drug-likeness (QED) is 0.479. The number of rotatable bonds is 6. The molecule has 3 N–H and O–H groups in total. The van der Waals surface area contributed by atoms with Crippen molar-refractivity contribution in [2.75, 3.05) is 5.32 Å². The predicted molar refractivity (Wildman–Crippen MR) is 112 cm³/mol. The summed E-state index contributed by atoms with van der Waals surface area (Å²) in [6.07, 6.45) is -3.08. The van der Waals surface area contributed by atoms with Crippen LogP contribution in [0.5, 0.6) is 5.88 Å². The minimum Gasteiger partial charge on any atom is -0.467 e. The fourth-order valence-corrected chi connectivity index (χ4v) is 3.43. The lowest BCUT2D eigenvalue weighted by Gasteiger charge is -2.36. The summed E-state index contributed by atoms with van der Waals surface area (Å²) in [5, 5.41) is 2.30. The van der Waals surface area contributed by atoms with Crippen LogP contribution in [0.4, 0.5) is 27.6 Å². The first kappa shape index (κ1) is 24.8. The Bertz CT molecular complexity index is 1280. The number of oxazole rings is 1. The fraction of sp³-hybridized carbons (Fsp3) is 0.286. The fourth-order valence-electron chi connectivity index (χ4n) is 3.43. The number of ether oxygens (including phenoxy) is 2. The van der Waals surface area contributed by atoms with Crippen LogP contribution in [-0.2, 0) is 16.9 Å². The molecule has 1 aliphatic rings. The summed E-state index contributed by atoms with van der Waals surface area (Å²) in [6, 6.07) is 0.794. The number of nitrogens with two attached hydrogens (primary N) is 1. The van der Waals surface area contributed by atoms with E-state index >= 15 is 0 Å². The third-order valence-corrected chi connectivity index (χ3v) is 5.12. The van der Waals surface area contributed by atoms with Gasteiger partial charge >= 0.3 is 6.18 Å². The zero-order valence-electron chi connectivity index (χ0n) is 18.3. The first-order valence-corrected chi connectivity index (χ1v) is 10.2. The molecule has 0 radical (unpaired) electrons. The third kappa shape index (κ3) is 5.34. The summed E-state index contributed by atoms with van der Waals surface area (Å²) in [6.45, 7) is 1.11. The van der Waals surface area contributed by atoms with Gasteiger partial charge in [-0.2, -0.15) is 13.2 Å². The van der Waals surface area contributed by atoms with Crippen LogP contribution >= 0.6 is 0 Å². The zero-order chi connectivity index (χ0) is 26.1. The Kier molecular flexibility index (Phi) is 6.47. The van der Waals surface area contributed by atoms with E-state index in [4.69, 9.17) is 14.9 Å². The number of alkyl halides is 3. The summed E-state index contributed by atoms with van der Waals surface area (Å²) >= 11 is 0. The van der Waals surface area contributed by atoms with Gasteiger partial charge in [-0.3, -0.25) is 4.79 Å². The molecule has 1 amide bonds. The van der Waals surface area contributed by atoms with Crippen LogP contribution in [0.15, 0.2) is 46.4 Å². The largest absolute Gasteiger partial charge is 0.467 e. The van der Waals surface area contributed by atoms with E-state index in [1.807, 2.05) is 0 Å². The van der Waals surface area contributed by atoms with Crippen molar-refractivity contribution in [2.45, 2.75) is 37.8 Å². The zero-order valence-corrected chi connectivity index (χ0v) is 18.3. The van der Waals surface area contributed by atoms with E-state index in [1.165, 1.54) is 12.5 Å². The number of amidine groups is 1. The second-order valence-corrected chi connectivity index (χ2v) is 7.80. The molecular formula is C21H17F5N6O4. The van der Waals surface area contributed by atoms with Crippen LogP contribution in [0.1, 0.15) is 35.3 Å². The Hall–Kier alpha value is -4.30. The number of halogens is 5. The molecule has 0 saturated heterocycles.